The van der Waals surface area contributed by atoms with E-state index < -0.39 is 34.1 Å². The average molecular weight is 298 g/mol. The molecule has 0 amide bonds. The van der Waals surface area contributed by atoms with Gasteiger partial charge in [-0.15, -0.1) is 0 Å². The Hall–Kier alpha value is -2.22. The van der Waals surface area contributed by atoms with Crippen LogP contribution in [-0.2, 0) is 4.79 Å². The van der Waals surface area contributed by atoms with Crippen molar-refractivity contribution in [2.75, 3.05) is 20.2 Å². The van der Waals surface area contributed by atoms with Crippen molar-refractivity contribution in [2.45, 2.75) is 12.8 Å². The van der Waals surface area contributed by atoms with E-state index >= 15 is 0 Å². The van der Waals surface area contributed by atoms with Crippen molar-refractivity contribution in [3.05, 3.63) is 28.1 Å². The number of esters is 1. The molecule has 1 heterocycles. The van der Waals surface area contributed by atoms with Gasteiger partial charge in [0.05, 0.1) is 18.0 Å². The fourth-order valence-corrected chi connectivity index (χ4v) is 2.17. The Balaban J connectivity index is 2.28. The molecule has 21 heavy (non-hydrogen) atoms. The number of methoxy groups -OCH3 is 1. The number of hydrogen-bond donors (Lipinski definition) is 1. The fourth-order valence-electron chi connectivity index (χ4n) is 2.17. The van der Waals surface area contributed by atoms with Crippen LogP contribution in [0.2, 0.25) is 0 Å². The van der Waals surface area contributed by atoms with E-state index in [1.807, 2.05) is 0 Å². The van der Waals surface area contributed by atoms with Crippen molar-refractivity contribution in [1.29, 1.82) is 0 Å². The highest BCUT2D eigenvalue weighted by Gasteiger charge is 2.29. The van der Waals surface area contributed by atoms with Crippen molar-refractivity contribution in [2.24, 2.45) is 5.92 Å². The summed E-state index contributed by atoms with van der Waals surface area (Å²) in [6.45, 7) is 1.31. The number of nitro benzene ring substituents is 1. The second-order valence-corrected chi connectivity index (χ2v) is 4.63. The zero-order valence-electron chi connectivity index (χ0n) is 11.4. The molecule has 0 radical (unpaired) electrons. The Bertz CT molecular complexity index is 558. The lowest BCUT2D eigenvalue weighted by Crippen LogP contribution is -2.34. The highest BCUT2D eigenvalue weighted by atomic mass is 19.1. The SMILES string of the molecule is COc1ccc([N+](=O)[O-])c(OC(=O)C2CCNCC2)c1F. The minimum Gasteiger partial charge on any atom is -0.494 e. The molecular formula is C13H15FN2O5. The second kappa shape index (κ2) is 6.49. The van der Waals surface area contributed by atoms with E-state index in [4.69, 9.17) is 9.47 Å². The van der Waals surface area contributed by atoms with E-state index in [9.17, 15) is 19.3 Å². The van der Waals surface area contributed by atoms with Gasteiger partial charge in [0.2, 0.25) is 11.6 Å². The number of carbonyl (C=O) groups is 1. The summed E-state index contributed by atoms with van der Waals surface area (Å²) >= 11 is 0. The third-order valence-electron chi connectivity index (χ3n) is 3.33. The molecule has 1 aliphatic heterocycles. The van der Waals surface area contributed by atoms with Gasteiger partial charge in [-0.3, -0.25) is 14.9 Å². The van der Waals surface area contributed by atoms with Gasteiger partial charge in [0.25, 0.3) is 0 Å². The van der Waals surface area contributed by atoms with E-state index in [0.717, 1.165) is 12.1 Å². The summed E-state index contributed by atoms with van der Waals surface area (Å²) in [5.41, 5.74) is -0.601. The molecule has 2 rings (SSSR count). The minimum absolute atomic E-state index is 0.214. The molecule has 0 atom stereocenters. The van der Waals surface area contributed by atoms with Crippen LogP contribution in [0.5, 0.6) is 11.5 Å². The van der Waals surface area contributed by atoms with Crippen molar-refractivity contribution in [3.8, 4) is 11.5 Å². The summed E-state index contributed by atoms with van der Waals surface area (Å²) in [5.74, 6) is -3.01. The minimum atomic E-state index is -1.05. The summed E-state index contributed by atoms with van der Waals surface area (Å²) in [6.07, 6.45) is 1.11. The van der Waals surface area contributed by atoms with Crippen LogP contribution >= 0.6 is 0 Å². The number of carbonyl (C=O) groups excluding carboxylic acids is 1. The topological polar surface area (TPSA) is 90.7 Å². The van der Waals surface area contributed by atoms with Crippen molar-refractivity contribution in [1.82, 2.24) is 5.32 Å². The van der Waals surface area contributed by atoms with E-state index in [1.165, 1.54) is 7.11 Å². The Kier molecular flexibility index (Phi) is 4.69. The lowest BCUT2D eigenvalue weighted by molar-refractivity contribution is -0.385. The molecule has 0 aliphatic carbocycles. The summed E-state index contributed by atoms with van der Waals surface area (Å²) in [4.78, 5) is 22.1. The highest BCUT2D eigenvalue weighted by molar-refractivity contribution is 5.77. The molecule has 114 valence electrons. The van der Waals surface area contributed by atoms with Crippen LogP contribution in [0.3, 0.4) is 0 Å². The number of ether oxygens (including phenoxy) is 2. The quantitative estimate of drug-likeness (QED) is 0.393. The van der Waals surface area contributed by atoms with Crippen LogP contribution in [0, 0.1) is 21.8 Å². The van der Waals surface area contributed by atoms with Gasteiger partial charge in [-0.2, -0.15) is 4.39 Å². The van der Waals surface area contributed by atoms with Gasteiger partial charge in [-0.25, -0.2) is 0 Å². The lowest BCUT2D eigenvalue weighted by atomic mass is 9.98. The number of nitrogens with zero attached hydrogens (tertiary/aromatic N) is 1. The van der Waals surface area contributed by atoms with Crippen LogP contribution < -0.4 is 14.8 Å². The smallest absolute Gasteiger partial charge is 0.315 e. The molecule has 7 nitrogen and oxygen atoms in total. The zero-order chi connectivity index (χ0) is 15.4. The largest absolute Gasteiger partial charge is 0.494 e. The predicted molar refractivity (Wildman–Crippen MR) is 70.8 cm³/mol. The molecule has 0 saturated carbocycles. The van der Waals surface area contributed by atoms with E-state index in [1.54, 1.807) is 0 Å². The van der Waals surface area contributed by atoms with Crippen LogP contribution in [0.4, 0.5) is 10.1 Å². The molecule has 0 aromatic heterocycles. The monoisotopic (exact) mass is 298 g/mol. The maximum Gasteiger partial charge on any atom is 0.315 e. The molecule has 1 aromatic rings. The standard InChI is InChI=1S/C13H15FN2O5/c1-20-10-3-2-9(16(18)19)12(11(10)14)21-13(17)8-4-6-15-7-5-8/h2-3,8,15H,4-7H2,1H3. The summed E-state index contributed by atoms with van der Waals surface area (Å²) < 4.78 is 23.8. The predicted octanol–water partition coefficient (Wildman–Crippen LogP) is 1.65. The van der Waals surface area contributed by atoms with E-state index in [2.05, 4.69) is 5.32 Å². The average Bonchev–Trinajstić information content (AvgIpc) is 2.49. The van der Waals surface area contributed by atoms with E-state index in [0.29, 0.717) is 25.9 Å². The zero-order valence-corrected chi connectivity index (χ0v) is 11.4. The van der Waals surface area contributed by atoms with Crippen LogP contribution in [0.15, 0.2) is 12.1 Å². The first kappa shape index (κ1) is 15.2. The van der Waals surface area contributed by atoms with Gasteiger partial charge in [0.15, 0.2) is 5.75 Å². The second-order valence-electron chi connectivity index (χ2n) is 4.63. The summed E-state index contributed by atoms with van der Waals surface area (Å²) in [7, 11) is 1.22. The number of benzene rings is 1. The number of nitro groups is 1. The molecule has 1 fully saturated rings. The third kappa shape index (κ3) is 3.27. The van der Waals surface area contributed by atoms with Crippen molar-refractivity contribution in [3.63, 3.8) is 0 Å². The number of halogens is 1. The van der Waals surface area contributed by atoms with Crippen LogP contribution in [-0.4, -0.2) is 31.1 Å². The van der Waals surface area contributed by atoms with Gasteiger partial charge in [0, 0.05) is 6.07 Å². The molecule has 1 N–H and O–H groups in total. The van der Waals surface area contributed by atoms with Gasteiger partial charge in [-0.1, -0.05) is 0 Å². The number of piperidine rings is 1. The Morgan fingerprint density at radius 3 is 2.67 bits per heavy atom. The maximum atomic E-state index is 14.1. The van der Waals surface area contributed by atoms with Gasteiger partial charge in [-0.05, 0) is 32.0 Å². The molecule has 0 spiro atoms. The summed E-state index contributed by atoms with van der Waals surface area (Å²) in [6, 6.07) is 2.17. The molecule has 8 heteroatoms. The normalized spacial score (nSPS) is 15.5. The van der Waals surface area contributed by atoms with Gasteiger partial charge < -0.3 is 14.8 Å². The third-order valence-corrected chi connectivity index (χ3v) is 3.33. The molecule has 0 bridgehead atoms. The first-order chi connectivity index (χ1) is 10.0. The molecule has 1 saturated heterocycles. The van der Waals surface area contributed by atoms with Gasteiger partial charge in [0.1, 0.15) is 0 Å². The number of nitrogens with one attached hydrogen (secondary N) is 1. The Morgan fingerprint density at radius 2 is 2.10 bits per heavy atom. The fraction of sp³-hybridized carbons (Fsp3) is 0.462. The highest BCUT2D eigenvalue weighted by Crippen LogP contribution is 2.36. The number of rotatable bonds is 4. The van der Waals surface area contributed by atoms with Crippen molar-refractivity contribution >= 4 is 11.7 Å². The molecule has 1 aromatic carbocycles. The Morgan fingerprint density at radius 1 is 1.43 bits per heavy atom. The first-order valence-electron chi connectivity index (χ1n) is 6.48. The van der Waals surface area contributed by atoms with E-state index in [-0.39, 0.29) is 5.75 Å². The maximum absolute atomic E-state index is 14.1. The van der Waals surface area contributed by atoms with Crippen LogP contribution in [0.25, 0.3) is 0 Å². The lowest BCUT2D eigenvalue weighted by Gasteiger charge is -2.21. The van der Waals surface area contributed by atoms with Crippen molar-refractivity contribution < 1.29 is 23.6 Å². The van der Waals surface area contributed by atoms with Gasteiger partial charge >= 0.3 is 11.7 Å². The Labute approximate surface area is 120 Å². The molecular weight excluding hydrogens is 283 g/mol. The molecule has 1 aliphatic rings. The first-order valence-corrected chi connectivity index (χ1v) is 6.48. The van der Waals surface area contributed by atoms with Crippen LogP contribution in [0.1, 0.15) is 12.8 Å². The summed E-state index contributed by atoms with van der Waals surface area (Å²) in [5, 5.41) is 14.0. The molecule has 0 unspecified atom stereocenters. The number of hydrogen-bond acceptors (Lipinski definition) is 6.